The fraction of sp³-hybridized carbons (Fsp3) is 0.417. The van der Waals surface area contributed by atoms with Crippen LogP contribution in [0.3, 0.4) is 0 Å². The number of carbonyl (C=O) groups is 1. The van der Waals surface area contributed by atoms with E-state index in [2.05, 4.69) is 16.2 Å². The standard InChI is InChI=1S/C12H19N3O.Na.H/c1-9(2)15-12(16)11-6-4-10(5-7-11)8-14-13-3;;/h4-7,9,13-14H,8H2,1-3H3,(H,15,16);;/q;+1;-1. The number of rotatable bonds is 5. The van der Waals surface area contributed by atoms with Gasteiger partial charge in [-0.25, -0.2) is 0 Å². The van der Waals surface area contributed by atoms with Gasteiger partial charge in [0.1, 0.15) is 0 Å². The number of hydrogen-bond acceptors (Lipinski definition) is 3. The van der Waals surface area contributed by atoms with Crippen molar-refractivity contribution in [2.75, 3.05) is 7.05 Å². The van der Waals surface area contributed by atoms with Crippen LogP contribution in [0.2, 0.25) is 0 Å². The van der Waals surface area contributed by atoms with Crippen LogP contribution >= 0.6 is 0 Å². The maximum Gasteiger partial charge on any atom is 1.00 e. The van der Waals surface area contributed by atoms with Gasteiger partial charge in [0.05, 0.1) is 0 Å². The van der Waals surface area contributed by atoms with E-state index in [1.807, 2.05) is 45.2 Å². The summed E-state index contributed by atoms with van der Waals surface area (Å²) in [6.45, 7) is 4.63. The molecule has 0 atom stereocenters. The first kappa shape index (κ1) is 16.6. The number of amides is 1. The van der Waals surface area contributed by atoms with Crippen LogP contribution in [0, 0.1) is 0 Å². The normalized spacial score (nSPS) is 9.88. The Kier molecular flexibility index (Phi) is 8.47. The van der Waals surface area contributed by atoms with Crippen LogP contribution in [-0.4, -0.2) is 19.0 Å². The molecule has 0 bridgehead atoms. The molecule has 0 fully saturated rings. The van der Waals surface area contributed by atoms with E-state index in [9.17, 15) is 4.79 Å². The molecule has 1 aromatic rings. The van der Waals surface area contributed by atoms with Crippen LogP contribution in [0.25, 0.3) is 0 Å². The molecule has 4 nitrogen and oxygen atoms in total. The van der Waals surface area contributed by atoms with Crippen molar-refractivity contribution in [3.05, 3.63) is 35.4 Å². The third kappa shape index (κ3) is 6.19. The average Bonchev–Trinajstić information content (AvgIpc) is 2.26. The molecule has 3 N–H and O–H groups in total. The van der Waals surface area contributed by atoms with Crippen molar-refractivity contribution in [2.45, 2.75) is 26.4 Å². The first-order chi connectivity index (χ1) is 7.63. The molecule has 5 heteroatoms. The smallest absolute Gasteiger partial charge is 1.00 e. The first-order valence-corrected chi connectivity index (χ1v) is 5.43. The van der Waals surface area contributed by atoms with Gasteiger partial charge >= 0.3 is 29.6 Å². The topological polar surface area (TPSA) is 53.2 Å². The number of nitrogens with one attached hydrogen (secondary N) is 3. The summed E-state index contributed by atoms with van der Waals surface area (Å²) >= 11 is 0. The Hall–Kier alpha value is -0.390. The van der Waals surface area contributed by atoms with E-state index in [-0.39, 0.29) is 42.9 Å². The monoisotopic (exact) mass is 245 g/mol. The van der Waals surface area contributed by atoms with Crippen molar-refractivity contribution >= 4 is 5.91 Å². The summed E-state index contributed by atoms with van der Waals surface area (Å²) in [5.41, 5.74) is 7.68. The van der Waals surface area contributed by atoms with Crippen molar-refractivity contribution in [1.82, 2.24) is 16.2 Å². The third-order valence-electron chi connectivity index (χ3n) is 2.11. The zero-order valence-corrected chi connectivity index (χ0v) is 13.0. The molecule has 0 aliphatic heterocycles. The van der Waals surface area contributed by atoms with Crippen LogP contribution in [-0.2, 0) is 6.54 Å². The predicted octanol–water partition coefficient (Wildman–Crippen LogP) is -1.83. The number of carbonyl (C=O) groups excluding carboxylic acids is 1. The summed E-state index contributed by atoms with van der Waals surface area (Å²) in [7, 11) is 1.82. The average molecular weight is 245 g/mol. The van der Waals surface area contributed by atoms with Crippen molar-refractivity contribution in [3.63, 3.8) is 0 Å². The third-order valence-corrected chi connectivity index (χ3v) is 2.11. The summed E-state index contributed by atoms with van der Waals surface area (Å²) in [6.07, 6.45) is 0. The van der Waals surface area contributed by atoms with E-state index in [0.717, 1.165) is 12.1 Å². The maximum atomic E-state index is 11.6. The Balaban J connectivity index is 0. The van der Waals surface area contributed by atoms with E-state index in [1.165, 1.54) is 0 Å². The SMILES string of the molecule is CNNCc1ccc(C(=O)NC(C)C)cc1.[H-].[Na+]. The molecule has 17 heavy (non-hydrogen) atoms. The molecule has 0 heterocycles. The molecule has 0 aromatic heterocycles. The summed E-state index contributed by atoms with van der Waals surface area (Å²) in [5, 5.41) is 2.85. The quantitative estimate of drug-likeness (QED) is 0.422. The van der Waals surface area contributed by atoms with Gasteiger partial charge in [0.15, 0.2) is 0 Å². The van der Waals surface area contributed by atoms with Gasteiger partial charge in [-0.2, -0.15) is 0 Å². The molecule has 1 amide bonds. The van der Waals surface area contributed by atoms with Gasteiger partial charge in [-0.1, -0.05) is 12.1 Å². The van der Waals surface area contributed by atoms with Gasteiger partial charge < -0.3 is 6.74 Å². The Bertz CT molecular complexity index is 344. The molecule has 0 saturated heterocycles. The molecule has 0 radical (unpaired) electrons. The van der Waals surface area contributed by atoms with Crippen molar-refractivity contribution in [3.8, 4) is 0 Å². The minimum Gasteiger partial charge on any atom is -1.00 e. The van der Waals surface area contributed by atoms with E-state index in [4.69, 9.17) is 0 Å². The van der Waals surface area contributed by atoms with Crippen LogP contribution in [0.1, 0.15) is 31.2 Å². The second-order valence-electron chi connectivity index (χ2n) is 3.93. The predicted molar refractivity (Wildman–Crippen MR) is 66.1 cm³/mol. The van der Waals surface area contributed by atoms with Gasteiger partial charge in [-0.05, 0) is 38.6 Å². The number of benzene rings is 1. The summed E-state index contributed by atoms with van der Waals surface area (Å²) in [6, 6.07) is 7.73. The largest absolute Gasteiger partial charge is 1.00 e. The zero-order valence-electron chi connectivity index (χ0n) is 12.0. The second kappa shape index (κ2) is 8.66. The summed E-state index contributed by atoms with van der Waals surface area (Å²) < 4.78 is 0. The molecule has 0 unspecified atom stereocenters. The summed E-state index contributed by atoms with van der Waals surface area (Å²) in [5.74, 6) is -0.0249. The molecule has 0 saturated carbocycles. The second-order valence-corrected chi connectivity index (χ2v) is 3.93. The molecular weight excluding hydrogens is 225 g/mol. The van der Waals surface area contributed by atoms with Crippen LogP contribution in [0.15, 0.2) is 24.3 Å². The van der Waals surface area contributed by atoms with Crippen molar-refractivity contribution in [2.24, 2.45) is 0 Å². The van der Waals surface area contributed by atoms with Gasteiger partial charge in [0.2, 0.25) is 0 Å². The van der Waals surface area contributed by atoms with Crippen LogP contribution in [0.4, 0.5) is 0 Å². The number of hydrogen-bond donors (Lipinski definition) is 3. The fourth-order valence-electron chi connectivity index (χ4n) is 1.31. The Morgan fingerprint density at radius 2 is 1.88 bits per heavy atom. The molecule has 90 valence electrons. The summed E-state index contributed by atoms with van der Waals surface area (Å²) in [4.78, 5) is 11.6. The van der Waals surface area contributed by atoms with Gasteiger partial charge in [-0.15, -0.1) is 0 Å². The maximum absolute atomic E-state index is 11.6. The van der Waals surface area contributed by atoms with E-state index in [1.54, 1.807) is 0 Å². The van der Waals surface area contributed by atoms with Crippen LogP contribution in [0.5, 0.6) is 0 Å². The molecule has 1 rings (SSSR count). The molecular formula is C12H20N3NaO. The Morgan fingerprint density at radius 1 is 1.29 bits per heavy atom. The fourth-order valence-corrected chi connectivity index (χ4v) is 1.31. The number of hydrazine groups is 1. The van der Waals surface area contributed by atoms with E-state index < -0.39 is 0 Å². The molecule has 0 spiro atoms. The van der Waals surface area contributed by atoms with Gasteiger partial charge in [0, 0.05) is 18.2 Å². The zero-order chi connectivity index (χ0) is 12.0. The van der Waals surface area contributed by atoms with Crippen molar-refractivity contribution < 1.29 is 35.8 Å². The first-order valence-electron chi connectivity index (χ1n) is 5.43. The van der Waals surface area contributed by atoms with Gasteiger partial charge in [-0.3, -0.25) is 15.6 Å². The van der Waals surface area contributed by atoms with Crippen molar-refractivity contribution in [1.29, 1.82) is 0 Å². The molecule has 0 aliphatic carbocycles. The molecule has 0 aliphatic rings. The molecule has 1 aromatic carbocycles. The van der Waals surface area contributed by atoms with E-state index >= 15 is 0 Å². The Morgan fingerprint density at radius 3 is 2.35 bits per heavy atom. The minimum atomic E-state index is -0.0249. The van der Waals surface area contributed by atoms with Crippen LogP contribution < -0.4 is 45.7 Å². The minimum absolute atomic E-state index is 0. The van der Waals surface area contributed by atoms with E-state index in [0.29, 0.717) is 5.56 Å². The Labute approximate surface area is 126 Å². The van der Waals surface area contributed by atoms with Gasteiger partial charge in [0.25, 0.3) is 5.91 Å².